The molecule has 0 saturated carbocycles. The van der Waals surface area contributed by atoms with E-state index in [0.29, 0.717) is 25.3 Å². The summed E-state index contributed by atoms with van der Waals surface area (Å²) in [6, 6.07) is 3.46. The van der Waals surface area contributed by atoms with Crippen LogP contribution in [0.25, 0.3) is 0 Å². The lowest BCUT2D eigenvalue weighted by Gasteiger charge is -2.16. The second-order valence-corrected chi connectivity index (χ2v) is 3.26. The average molecular weight is 223 g/mol. The first-order valence-corrected chi connectivity index (χ1v) is 4.95. The van der Waals surface area contributed by atoms with Crippen molar-refractivity contribution in [3.05, 3.63) is 17.5 Å². The normalized spacial score (nSPS) is 10.3. The number of carboxylic acid groups (broad SMARTS) is 1. The fraction of sp³-hybridized carbons (Fsp3) is 0.500. The number of carboxylic acids is 1. The van der Waals surface area contributed by atoms with E-state index in [0.717, 1.165) is 6.54 Å². The van der Waals surface area contributed by atoms with E-state index in [-0.39, 0.29) is 5.69 Å². The summed E-state index contributed by atoms with van der Waals surface area (Å²) in [5.74, 6) is -0.604. The summed E-state index contributed by atoms with van der Waals surface area (Å²) in [6.07, 6.45) is 0.438. The maximum atomic E-state index is 10.6. The molecule has 0 aliphatic rings. The van der Waals surface area contributed by atoms with Crippen molar-refractivity contribution in [3.63, 3.8) is 0 Å². The molecule has 1 aromatic heterocycles. The lowest BCUT2D eigenvalue weighted by atomic mass is 10.3. The molecular formula is C10H13N3O3. The van der Waals surface area contributed by atoms with Crippen LogP contribution in [0.1, 0.15) is 29.6 Å². The first kappa shape index (κ1) is 12.2. The van der Waals surface area contributed by atoms with Gasteiger partial charge in [0.05, 0.1) is 12.6 Å². The zero-order chi connectivity index (χ0) is 12.0. The molecule has 86 valence electrons. The SMILES string of the molecule is CCN(CCC#N)Cc1cc(C(=O)O)no1. The van der Waals surface area contributed by atoms with Gasteiger partial charge in [0.2, 0.25) is 0 Å². The summed E-state index contributed by atoms with van der Waals surface area (Å²) >= 11 is 0. The van der Waals surface area contributed by atoms with Crippen molar-refractivity contribution in [2.75, 3.05) is 13.1 Å². The van der Waals surface area contributed by atoms with Crippen LogP contribution in [0.3, 0.4) is 0 Å². The second kappa shape index (κ2) is 5.88. The first-order chi connectivity index (χ1) is 7.67. The Morgan fingerprint density at radius 2 is 2.50 bits per heavy atom. The van der Waals surface area contributed by atoms with Crippen molar-refractivity contribution in [1.82, 2.24) is 10.1 Å². The molecule has 1 aromatic rings. The van der Waals surface area contributed by atoms with Crippen LogP contribution in [0, 0.1) is 11.3 Å². The molecule has 0 unspecified atom stereocenters. The Morgan fingerprint density at radius 1 is 1.75 bits per heavy atom. The number of carbonyl (C=O) groups is 1. The fourth-order valence-corrected chi connectivity index (χ4v) is 1.27. The molecule has 6 nitrogen and oxygen atoms in total. The van der Waals surface area contributed by atoms with Gasteiger partial charge in [0.1, 0.15) is 0 Å². The van der Waals surface area contributed by atoms with E-state index >= 15 is 0 Å². The maximum absolute atomic E-state index is 10.6. The van der Waals surface area contributed by atoms with Crippen molar-refractivity contribution in [2.45, 2.75) is 19.9 Å². The minimum atomic E-state index is -1.10. The van der Waals surface area contributed by atoms with Gasteiger partial charge in [-0.1, -0.05) is 12.1 Å². The zero-order valence-corrected chi connectivity index (χ0v) is 9.01. The molecule has 0 fully saturated rings. The van der Waals surface area contributed by atoms with Crippen LogP contribution in [0.15, 0.2) is 10.6 Å². The Bertz CT molecular complexity index is 394. The second-order valence-electron chi connectivity index (χ2n) is 3.26. The van der Waals surface area contributed by atoms with Gasteiger partial charge in [-0.25, -0.2) is 4.79 Å². The maximum Gasteiger partial charge on any atom is 0.358 e. The third-order valence-electron chi connectivity index (χ3n) is 2.14. The predicted octanol–water partition coefficient (Wildman–Crippen LogP) is 1.11. The van der Waals surface area contributed by atoms with Crippen molar-refractivity contribution < 1.29 is 14.4 Å². The molecule has 1 rings (SSSR count). The molecule has 1 N–H and O–H groups in total. The molecule has 0 aliphatic carbocycles. The molecule has 6 heteroatoms. The molecule has 0 atom stereocenters. The van der Waals surface area contributed by atoms with Crippen molar-refractivity contribution in [1.29, 1.82) is 5.26 Å². The smallest absolute Gasteiger partial charge is 0.358 e. The zero-order valence-electron chi connectivity index (χ0n) is 9.01. The summed E-state index contributed by atoms with van der Waals surface area (Å²) in [4.78, 5) is 12.5. The number of aromatic carboxylic acids is 1. The molecule has 0 bridgehead atoms. The average Bonchev–Trinajstić information content (AvgIpc) is 2.72. The van der Waals surface area contributed by atoms with Gasteiger partial charge >= 0.3 is 5.97 Å². The summed E-state index contributed by atoms with van der Waals surface area (Å²) in [6.45, 7) is 3.84. The highest BCUT2D eigenvalue weighted by molar-refractivity contribution is 5.85. The van der Waals surface area contributed by atoms with Gasteiger partial charge in [-0.15, -0.1) is 0 Å². The Labute approximate surface area is 93.1 Å². The summed E-state index contributed by atoms with van der Waals surface area (Å²) in [7, 11) is 0. The van der Waals surface area contributed by atoms with Crippen LogP contribution in [-0.2, 0) is 6.54 Å². The van der Waals surface area contributed by atoms with E-state index in [1.807, 2.05) is 11.8 Å². The van der Waals surface area contributed by atoms with Gasteiger partial charge in [0.15, 0.2) is 11.5 Å². The lowest BCUT2D eigenvalue weighted by molar-refractivity contribution is 0.0685. The largest absolute Gasteiger partial charge is 0.476 e. The van der Waals surface area contributed by atoms with Crippen LogP contribution >= 0.6 is 0 Å². The van der Waals surface area contributed by atoms with E-state index in [9.17, 15) is 4.79 Å². The Hall–Kier alpha value is -1.87. The van der Waals surface area contributed by atoms with E-state index in [1.54, 1.807) is 0 Å². The third kappa shape index (κ3) is 3.37. The topological polar surface area (TPSA) is 90.4 Å². The summed E-state index contributed by atoms with van der Waals surface area (Å²) in [5.41, 5.74) is -0.0914. The summed E-state index contributed by atoms with van der Waals surface area (Å²) < 4.78 is 4.88. The molecule has 0 aromatic carbocycles. The minimum Gasteiger partial charge on any atom is -0.476 e. The molecule has 0 spiro atoms. The van der Waals surface area contributed by atoms with E-state index in [1.165, 1.54) is 6.07 Å². The van der Waals surface area contributed by atoms with E-state index in [2.05, 4.69) is 11.2 Å². The molecule has 16 heavy (non-hydrogen) atoms. The van der Waals surface area contributed by atoms with Gasteiger partial charge in [-0.05, 0) is 6.54 Å². The molecule has 1 heterocycles. The minimum absolute atomic E-state index is 0.0914. The number of nitriles is 1. The monoisotopic (exact) mass is 223 g/mol. The lowest BCUT2D eigenvalue weighted by Crippen LogP contribution is -2.23. The van der Waals surface area contributed by atoms with Gasteiger partial charge in [0.25, 0.3) is 0 Å². The Morgan fingerprint density at radius 3 is 3.00 bits per heavy atom. The Kier molecular flexibility index (Phi) is 4.48. The van der Waals surface area contributed by atoms with Gasteiger partial charge in [0, 0.05) is 19.0 Å². The molecule has 0 amide bonds. The van der Waals surface area contributed by atoms with Crippen molar-refractivity contribution >= 4 is 5.97 Å². The number of hydrogen-bond acceptors (Lipinski definition) is 5. The Balaban J connectivity index is 2.57. The highest BCUT2D eigenvalue weighted by Crippen LogP contribution is 2.07. The molecule has 0 aliphatic heterocycles. The number of aromatic nitrogens is 1. The molecule has 0 saturated heterocycles. The van der Waals surface area contributed by atoms with Crippen LogP contribution in [0.4, 0.5) is 0 Å². The van der Waals surface area contributed by atoms with Gasteiger partial charge in [-0.2, -0.15) is 5.26 Å². The van der Waals surface area contributed by atoms with Crippen LogP contribution in [0.5, 0.6) is 0 Å². The fourth-order valence-electron chi connectivity index (χ4n) is 1.27. The third-order valence-corrected chi connectivity index (χ3v) is 2.14. The van der Waals surface area contributed by atoms with Crippen LogP contribution < -0.4 is 0 Å². The highest BCUT2D eigenvalue weighted by atomic mass is 16.5. The van der Waals surface area contributed by atoms with E-state index < -0.39 is 5.97 Å². The molecule has 0 radical (unpaired) electrons. The van der Waals surface area contributed by atoms with Gasteiger partial charge in [-0.3, -0.25) is 4.90 Å². The number of nitrogens with zero attached hydrogens (tertiary/aromatic N) is 3. The number of rotatable bonds is 6. The van der Waals surface area contributed by atoms with Crippen molar-refractivity contribution in [2.24, 2.45) is 0 Å². The standard InChI is InChI=1S/C10H13N3O3/c1-2-13(5-3-4-11)7-8-6-9(10(14)15)12-16-8/h6H,2-3,5,7H2,1H3,(H,14,15). The van der Waals surface area contributed by atoms with Gasteiger partial charge < -0.3 is 9.63 Å². The summed E-state index contributed by atoms with van der Waals surface area (Å²) in [5, 5.41) is 20.5. The highest BCUT2D eigenvalue weighted by Gasteiger charge is 2.12. The van der Waals surface area contributed by atoms with E-state index in [4.69, 9.17) is 14.9 Å². The van der Waals surface area contributed by atoms with Crippen LogP contribution in [0.2, 0.25) is 0 Å². The number of hydrogen-bond donors (Lipinski definition) is 1. The quantitative estimate of drug-likeness (QED) is 0.776. The molecular weight excluding hydrogens is 210 g/mol. The van der Waals surface area contributed by atoms with Crippen LogP contribution in [-0.4, -0.2) is 34.2 Å². The first-order valence-electron chi connectivity index (χ1n) is 4.95. The van der Waals surface area contributed by atoms with Crippen molar-refractivity contribution in [3.8, 4) is 6.07 Å². The predicted molar refractivity (Wildman–Crippen MR) is 54.6 cm³/mol.